The smallest absolute Gasteiger partial charge is 0.302 e. The average molecular weight is 352 g/mol. The zero-order valence-corrected chi connectivity index (χ0v) is 14.8. The maximum atomic E-state index is 12.9. The van der Waals surface area contributed by atoms with E-state index in [0.29, 0.717) is 34.5 Å². The number of hydrogen-bond donors (Lipinski definition) is 0. The van der Waals surface area contributed by atoms with E-state index in [1.807, 2.05) is 37.3 Å². The number of esters is 1. The molecule has 5 nitrogen and oxygen atoms in total. The van der Waals surface area contributed by atoms with Crippen molar-refractivity contribution in [1.82, 2.24) is 0 Å². The van der Waals surface area contributed by atoms with E-state index in [1.54, 1.807) is 12.1 Å². The lowest BCUT2D eigenvalue weighted by molar-refractivity contribution is -0.142. The number of carbonyl (C=O) groups is 1. The van der Waals surface area contributed by atoms with Crippen molar-refractivity contribution in [3.8, 4) is 16.9 Å². The van der Waals surface area contributed by atoms with Crippen LogP contribution in [-0.4, -0.2) is 12.6 Å². The number of ether oxygens (including phenoxy) is 2. The number of fused-ring (bicyclic) bond motifs is 1. The van der Waals surface area contributed by atoms with Crippen LogP contribution in [0.4, 0.5) is 0 Å². The number of carbonyl (C=O) groups excluding carboxylic acids is 1. The molecular weight excluding hydrogens is 332 g/mol. The molecule has 0 aliphatic rings. The Bertz CT molecular complexity index is 973. The van der Waals surface area contributed by atoms with Crippen LogP contribution in [0.25, 0.3) is 22.1 Å². The average Bonchev–Trinajstić information content (AvgIpc) is 2.65. The van der Waals surface area contributed by atoms with Crippen LogP contribution in [0.15, 0.2) is 57.9 Å². The first-order valence-electron chi connectivity index (χ1n) is 8.50. The molecule has 0 spiro atoms. The van der Waals surface area contributed by atoms with Gasteiger partial charge in [0.15, 0.2) is 0 Å². The van der Waals surface area contributed by atoms with Crippen LogP contribution in [0.2, 0.25) is 0 Å². The Morgan fingerprint density at radius 3 is 2.58 bits per heavy atom. The second-order valence-corrected chi connectivity index (χ2v) is 5.89. The molecule has 0 saturated heterocycles. The minimum Gasteiger partial charge on any atom is -0.493 e. The summed E-state index contributed by atoms with van der Waals surface area (Å²) in [5.74, 6) is 0.142. The van der Waals surface area contributed by atoms with Gasteiger partial charge in [-0.2, -0.15) is 0 Å². The van der Waals surface area contributed by atoms with Crippen LogP contribution >= 0.6 is 0 Å². The van der Waals surface area contributed by atoms with Crippen LogP contribution in [0.3, 0.4) is 0 Å². The van der Waals surface area contributed by atoms with Crippen LogP contribution in [-0.2, 0) is 16.1 Å². The van der Waals surface area contributed by atoms with Gasteiger partial charge in [-0.1, -0.05) is 37.3 Å². The third kappa shape index (κ3) is 3.61. The molecular formula is C21H20O5. The summed E-state index contributed by atoms with van der Waals surface area (Å²) in [7, 11) is 0. The van der Waals surface area contributed by atoms with E-state index in [2.05, 4.69) is 0 Å². The van der Waals surface area contributed by atoms with Crippen molar-refractivity contribution in [2.75, 3.05) is 6.61 Å². The standard InChI is InChI=1S/C21H20O5/c1-3-11-24-19-10-9-16-20(23)17(15-7-5-4-6-8-15)12-26-21(16)18(19)13-25-14(2)22/h4-10,12H,3,11,13H2,1-2H3. The molecule has 1 heterocycles. The zero-order chi connectivity index (χ0) is 18.5. The van der Waals surface area contributed by atoms with Gasteiger partial charge in [0, 0.05) is 6.92 Å². The molecule has 0 saturated carbocycles. The molecule has 3 rings (SSSR count). The van der Waals surface area contributed by atoms with Gasteiger partial charge in [-0.3, -0.25) is 9.59 Å². The Morgan fingerprint density at radius 1 is 1.12 bits per heavy atom. The van der Waals surface area contributed by atoms with E-state index in [-0.39, 0.29) is 12.0 Å². The largest absolute Gasteiger partial charge is 0.493 e. The van der Waals surface area contributed by atoms with E-state index in [1.165, 1.54) is 13.2 Å². The number of benzene rings is 2. The van der Waals surface area contributed by atoms with Gasteiger partial charge in [0.25, 0.3) is 0 Å². The van der Waals surface area contributed by atoms with E-state index >= 15 is 0 Å². The summed E-state index contributed by atoms with van der Waals surface area (Å²) in [6.45, 7) is 3.84. The topological polar surface area (TPSA) is 65.7 Å². The molecule has 26 heavy (non-hydrogen) atoms. The monoisotopic (exact) mass is 352 g/mol. The first-order chi connectivity index (χ1) is 12.6. The van der Waals surface area contributed by atoms with Gasteiger partial charge in [-0.15, -0.1) is 0 Å². The fourth-order valence-electron chi connectivity index (χ4n) is 2.71. The Kier molecular flexibility index (Phi) is 5.37. The summed E-state index contributed by atoms with van der Waals surface area (Å²) in [6, 6.07) is 12.8. The second-order valence-electron chi connectivity index (χ2n) is 5.89. The summed E-state index contributed by atoms with van der Waals surface area (Å²) in [6.07, 6.45) is 2.28. The van der Waals surface area contributed by atoms with Gasteiger partial charge in [-0.05, 0) is 24.1 Å². The van der Waals surface area contributed by atoms with Crippen LogP contribution in [0.5, 0.6) is 5.75 Å². The Hall–Kier alpha value is -3.08. The van der Waals surface area contributed by atoms with Crippen molar-refractivity contribution >= 4 is 16.9 Å². The Morgan fingerprint density at radius 2 is 1.88 bits per heavy atom. The van der Waals surface area contributed by atoms with E-state index < -0.39 is 5.97 Å². The van der Waals surface area contributed by atoms with Gasteiger partial charge in [0.05, 0.1) is 23.1 Å². The van der Waals surface area contributed by atoms with Gasteiger partial charge in [0.1, 0.15) is 24.2 Å². The van der Waals surface area contributed by atoms with Crippen LogP contribution in [0.1, 0.15) is 25.8 Å². The van der Waals surface area contributed by atoms with Crippen molar-refractivity contribution in [2.45, 2.75) is 26.9 Å². The predicted octanol–water partition coefficient (Wildman–Crippen LogP) is 4.31. The molecule has 0 aliphatic heterocycles. The minimum absolute atomic E-state index is 0.0145. The van der Waals surface area contributed by atoms with E-state index in [9.17, 15) is 9.59 Å². The van der Waals surface area contributed by atoms with Crippen molar-refractivity contribution in [1.29, 1.82) is 0 Å². The summed E-state index contributed by atoms with van der Waals surface area (Å²) in [5.41, 5.74) is 2.07. The van der Waals surface area contributed by atoms with E-state index in [4.69, 9.17) is 13.9 Å². The molecule has 0 amide bonds. The minimum atomic E-state index is -0.410. The highest BCUT2D eigenvalue weighted by Gasteiger charge is 2.17. The molecule has 3 aromatic rings. The van der Waals surface area contributed by atoms with Crippen molar-refractivity contribution in [2.24, 2.45) is 0 Å². The zero-order valence-electron chi connectivity index (χ0n) is 14.8. The molecule has 0 fully saturated rings. The lowest BCUT2D eigenvalue weighted by Gasteiger charge is -2.13. The SMILES string of the molecule is CCCOc1ccc2c(=O)c(-c3ccccc3)coc2c1COC(C)=O. The van der Waals surface area contributed by atoms with Crippen molar-refractivity contribution < 1.29 is 18.7 Å². The highest BCUT2D eigenvalue weighted by atomic mass is 16.5. The number of hydrogen-bond acceptors (Lipinski definition) is 5. The van der Waals surface area contributed by atoms with Crippen molar-refractivity contribution in [3.63, 3.8) is 0 Å². The highest BCUT2D eigenvalue weighted by Crippen LogP contribution is 2.29. The Balaban J connectivity index is 2.15. The third-order valence-electron chi connectivity index (χ3n) is 3.97. The molecule has 134 valence electrons. The Labute approximate surface area is 151 Å². The van der Waals surface area contributed by atoms with E-state index in [0.717, 1.165) is 12.0 Å². The molecule has 2 aromatic carbocycles. The summed E-state index contributed by atoms with van der Waals surface area (Å²) < 4.78 is 16.6. The van der Waals surface area contributed by atoms with Crippen molar-refractivity contribution in [3.05, 3.63) is 64.5 Å². The van der Waals surface area contributed by atoms with Gasteiger partial charge in [-0.25, -0.2) is 0 Å². The quantitative estimate of drug-likeness (QED) is 0.619. The molecule has 0 atom stereocenters. The maximum absolute atomic E-state index is 12.9. The first kappa shape index (κ1) is 17.7. The summed E-state index contributed by atoms with van der Waals surface area (Å²) in [4.78, 5) is 24.2. The fourth-order valence-corrected chi connectivity index (χ4v) is 2.71. The molecule has 0 bridgehead atoms. The van der Waals surface area contributed by atoms with Crippen LogP contribution < -0.4 is 10.2 Å². The molecule has 0 aliphatic carbocycles. The lowest BCUT2D eigenvalue weighted by Crippen LogP contribution is -2.09. The van der Waals surface area contributed by atoms with Gasteiger partial charge in [0.2, 0.25) is 5.43 Å². The maximum Gasteiger partial charge on any atom is 0.302 e. The fraction of sp³-hybridized carbons (Fsp3) is 0.238. The molecule has 1 aromatic heterocycles. The molecule has 0 unspecified atom stereocenters. The third-order valence-corrected chi connectivity index (χ3v) is 3.97. The summed E-state index contributed by atoms with van der Waals surface area (Å²) >= 11 is 0. The van der Waals surface area contributed by atoms with Gasteiger partial charge < -0.3 is 13.9 Å². The lowest BCUT2D eigenvalue weighted by atomic mass is 10.0. The molecule has 5 heteroatoms. The second kappa shape index (κ2) is 7.87. The highest BCUT2D eigenvalue weighted by molar-refractivity contribution is 5.85. The first-order valence-corrected chi connectivity index (χ1v) is 8.50. The summed E-state index contributed by atoms with van der Waals surface area (Å²) in [5, 5.41) is 0.428. The molecule has 0 radical (unpaired) electrons. The van der Waals surface area contributed by atoms with Crippen LogP contribution in [0, 0.1) is 0 Å². The normalized spacial score (nSPS) is 10.7. The molecule has 0 N–H and O–H groups in total. The number of rotatable bonds is 6. The predicted molar refractivity (Wildman–Crippen MR) is 99.2 cm³/mol. The van der Waals surface area contributed by atoms with Gasteiger partial charge >= 0.3 is 5.97 Å².